The van der Waals surface area contributed by atoms with Gasteiger partial charge in [-0.3, -0.25) is 4.79 Å². The van der Waals surface area contributed by atoms with E-state index in [4.69, 9.17) is 9.47 Å². The third-order valence-corrected chi connectivity index (χ3v) is 3.91. The number of unbranched alkanes of at least 4 members (excludes halogenated alkanes) is 6. The van der Waals surface area contributed by atoms with Crippen molar-refractivity contribution in [2.75, 3.05) is 20.8 Å². The summed E-state index contributed by atoms with van der Waals surface area (Å²) in [5, 5.41) is 2.92. The average Bonchev–Trinajstić information content (AvgIpc) is 2.61. The SMILES string of the molecule is CCCCCCCCCNC(=O)/C=C/c1ccc(OC)c(OC)c1. The maximum Gasteiger partial charge on any atom is 0.243 e. The molecular formula is C20H31NO3. The van der Waals surface area contributed by atoms with E-state index in [0.29, 0.717) is 11.5 Å². The smallest absolute Gasteiger partial charge is 0.243 e. The monoisotopic (exact) mass is 333 g/mol. The summed E-state index contributed by atoms with van der Waals surface area (Å²) >= 11 is 0. The lowest BCUT2D eigenvalue weighted by Gasteiger charge is -2.07. The Morgan fingerprint density at radius 1 is 1.00 bits per heavy atom. The third-order valence-electron chi connectivity index (χ3n) is 3.91. The highest BCUT2D eigenvalue weighted by Gasteiger charge is 2.03. The Morgan fingerprint density at radius 3 is 2.33 bits per heavy atom. The number of rotatable bonds is 12. The van der Waals surface area contributed by atoms with Crippen molar-refractivity contribution < 1.29 is 14.3 Å². The fourth-order valence-corrected chi connectivity index (χ4v) is 2.48. The Morgan fingerprint density at radius 2 is 1.67 bits per heavy atom. The summed E-state index contributed by atoms with van der Waals surface area (Å²) in [6.07, 6.45) is 12.1. The van der Waals surface area contributed by atoms with E-state index in [2.05, 4.69) is 12.2 Å². The Labute approximate surface area is 146 Å². The number of ether oxygens (including phenoxy) is 2. The molecule has 134 valence electrons. The highest BCUT2D eigenvalue weighted by molar-refractivity contribution is 5.91. The normalized spacial score (nSPS) is 10.8. The number of nitrogens with one attached hydrogen (secondary N) is 1. The molecule has 0 spiro atoms. The van der Waals surface area contributed by atoms with E-state index >= 15 is 0 Å². The summed E-state index contributed by atoms with van der Waals surface area (Å²) in [6, 6.07) is 5.56. The van der Waals surface area contributed by atoms with Crippen LogP contribution in [0.1, 0.15) is 57.4 Å². The number of methoxy groups -OCH3 is 2. The number of hydrogen-bond acceptors (Lipinski definition) is 3. The van der Waals surface area contributed by atoms with Crippen molar-refractivity contribution in [3.8, 4) is 11.5 Å². The van der Waals surface area contributed by atoms with Crippen molar-refractivity contribution in [3.05, 3.63) is 29.8 Å². The Hall–Kier alpha value is -1.97. The molecule has 4 heteroatoms. The Kier molecular flexibility index (Phi) is 10.4. The van der Waals surface area contributed by atoms with Gasteiger partial charge in [-0.15, -0.1) is 0 Å². The molecule has 1 rings (SSSR count). The van der Waals surface area contributed by atoms with E-state index in [1.165, 1.54) is 38.5 Å². The van der Waals surface area contributed by atoms with Crippen molar-refractivity contribution in [1.29, 1.82) is 0 Å². The standard InChI is InChI=1S/C20H31NO3/c1-4-5-6-7-8-9-10-15-21-20(22)14-12-17-11-13-18(23-2)19(16-17)24-3/h11-14,16H,4-10,15H2,1-3H3,(H,21,22)/b14-12+. The maximum absolute atomic E-state index is 11.8. The Balaban J connectivity index is 2.26. The second-order valence-electron chi connectivity index (χ2n) is 5.86. The van der Waals surface area contributed by atoms with Gasteiger partial charge in [-0.25, -0.2) is 0 Å². The number of amides is 1. The lowest BCUT2D eigenvalue weighted by molar-refractivity contribution is -0.116. The molecule has 0 saturated carbocycles. The van der Waals surface area contributed by atoms with Gasteiger partial charge in [-0.05, 0) is 30.2 Å². The molecule has 0 aliphatic heterocycles. The minimum atomic E-state index is -0.0595. The number of carbonyl (C=O) groups excluding carboxylic acids is 1. The molecule has 0 aliphatic carbocycles. The van der Waals surface area contributed by atoms with Crippen LogP contribution in [-0.4, -0.2) is 26.7 Å². The molecule has 4 nitrogen and oxygen atoms in total. The van der Waals surface area contributed by atoms with Crippen molar-refractivity contribution in [2.45, 2.75) is 51.9 Å². The van der Waals surface area contributed by atoms with Crippen LogP contribution < -0.4 is 14.8 Å². The van der Waals surface area contributed by atoms with Gasteiger partial charge >= 0.3 is 0 Å². The van der Waals surface area contributed by atoms with Gasteiger partial charge in [0.1, 0.15) is 0 Å². The molecule has 0 unspecified atom stereocenters. The molecule has 0 aromatic heterocycles. The molecule has 0 bridgehead atoms. The summed E-state index contributed by atoms with van der Waals surface area (Å²) in [5.74, 6) is 1.27. The molecule has 0 radical (unpaired) electrons. The van der Waals surface area contributed by atoms with E-state index < -0.39 is 0 Å². The fraction of sp³-hybridized carbons (Fsp3) is 0.550. The van der Waals surface area contributed by atoms with Gasteiger partial charge in [-0.1, -0.05) is 51.5 Å². The summed E-state index contributed by atoms with van der Waals surface area (Å²) in [6.45, 7) is 2.97. The highest BCUT2D eigenvalue weighted by atomic mass is 16.5. The molecule has 0 heterocycles. The topological polar surface area (TPSA) is 47.6 Å². The molecule has 0 fully saturated rings. The van der Waals surface area contributed by atoms with Gasteiger partial charge in [0.15, 0.2) is 11.5 Å². The number of carbonyl (C=O) groups is 1. The zero-order valence-electron chi connectivity index (χ0n) is 15.3. The molecule has 1 N–H and O–H groups in total. The largest absolute Gasteiger partial charge is 0.493 e. The second kappa shape index (κ2) is 12.5. The van der Waals surface area contributed by atoms with E-state index in [0.717, 1.165) is 18.5 Å². The van der Waals surface area contributed by atoms with Crippen molar-refractivity contribution in [3.63, 3.8) is 0 Å². The maximum atomic E-state index is 11.8. The molecule has 1 amide bonds. The minimum Gasteiger partial charge on any atom is -0.493 e. The molecule has 24 heavy (non-hydrogen) atoms. The van der Waals surface area contributed by atoms with Crippen LogP contribution >= 0.6 is 0 Å². The van der Waals surface area contributed by atoms with Gasteiger partial charge in [-0.2, -0.15) is 0 Å². The van der Waals surface area contributed by atoms with E-state index in [-0.39, 0.29) is 5.91 Å². The molecular weight excluding hydrogens is 302 g/mol. The van der Waals surface area contributed by atoms with Gasteiger partial charge in [0, 0.05) is 12.6 Å². The average molecular weight is 333 g/mol. The first kappa shape index (κ1) is 20.1. The summed E-state index contributed by atoms with van der Waals surface area (Å²) in [5.41, 5.74) is 0.902. The highest BCUT2D eigenvalue weighted by Crippen LogP contribution is 2.27. The molecule has 0 aliphatic rings. The molecule has 1 aromatic carbocycles. The van der Waals surface area contributed by atoms with Crippen molar-refractivity contribution >= 4 is 12.0 Å². The van der Waals surface area contributed by atoms with Crippen molar-refractivity contribution in [1.82, 2.24) is 5.32 Å². The van der Waals surface area contributed by atoms with E-state index in [1.807, 2.05) is 18.2 Å². The van der Waals surface area contributed by atoms with Gasteiger partial charge in [0.05, 0.1) is 14.2 Å². The van der Waals surface area contributed by atoms with Crippen molar-refractivity contribution in [2.24, 2.45) is 0 Å². The van der Waals surface area contributed by atoms with Crippen LogP contribution in [0.2, 0.25) is 0 Å². The van der Waals surface area contributed by atoms with Crippen LogP contribution in [-0.2, 0) is 4.79 Å². The number of hydrogen-bond donors (Lipinski definition) is 1. The van der Waals surface area contributed by atoms with E-state index in [1.54, 1.807) is 26.4 Å². The lowest BCUT2D eigenvalue weighted by atomic mass is 10.1. The van der Waals surface area contributed by atoms with Crippen LogP contribution in [0.15, 0.2) is 24.3 Å². The first-order valence-electron chi connectivity index (χ1n) is 8.89. The quantitative estimate of drug-likeness (QED) is 0.450. The van der Waals surface area contributed by atoms with Crippen LogP contribution in [0.3, 0.4) is 0 Å². The summed E-state index contributed by atoms with van der Waals surface area (Å²) < 4.78 is 10.4. The first-order valence-corrected chi connectivity index (χ1v) is 8.89. The first-order chi connectivity index (χ1) is 11.7. The molecule has 0 saturated heterocycles. The zero-order valence-corrected chi connectivity index (χ0v) is 15.3. The lowest BCUT2D eigenvalue weighted by Crippen LogP contribution is -2.21. The van der Waals surface area contributed by atoms with Gasteiger partial charge < -0.3 is 14.8 Å². The predicted octanol–water partition coefficient (Wildman–Crippen LogP) is 4.58. The minimum absolute atomic E-state index is 0.0595. The van der Waals surface area contributed by atoms with Crippen LogP contribution in [0, 0.1) is 0 Å². The number of benzene rings is 1. The Bertz CT molecular complexity index is 512. The third kappa shape index (κ3) is 8.04. The summed E-state index contributed by atoms with van der Waals surface area (Å²) in [4.78, 5) is 11.8. The van der Waals surface area contributed by atoms with Crippen LogP contribution in [0.25, 0.3) is 6.08 Å². The van der Waals surface area contributed by atoms with Crippen LogP contribution in [0.4, 0.5) is 0 Å². The molecule has 1 aromatic rings. The van der Waals surface area contributed by atoms with E-state index in [9.17, 15) is 4.79 Å². The second-order valence-corrected chi connectivity index (χ2v) is 5.86. The van der Waals surface area contributed by atoms with Gasteiger partial charge in [0.2, 0.25) is 5.91 Å². The van der Waals surface area contributed by atoms with Crippen LogP contribution in [0.5, 0.6) is 11.5 Å². The molecule has 0 atom stereocenters. The fourth-order valence-electron chi connectivity index (χ4n) is 2.48. The summed E-state index contributed by atoms with van der Waals surface area (Å²) in [7, 11) is 3.20. The zero-order chi connectivity index (χ0) is 17.6. The van der Waals surface area contributed by atoms with Gasteiger partial charge in [0.25, 0.3) is 0 Å². The predicted molar refractivity (Wildman–Crippen MR) is 99.6 cm³/mol.